The maximum Gasteiger partial charge on any atom is 0.262 e. The molecule has 1 aromatic heterocycles. The van der Waals surface area contributed by atoms with Crippen LogP contribution < -0.4 is 5.32 Å². The Bertz CT molecular complexity index is 541. The highest BCUT2D eigenvalue weighted by Gasteiger charge is 2.32. The van der Waals surface area contributed by atoms with Crippen LogP contribution in [-0.4, -0.2) is 37.3 Å². The average molecular weight is 297 g/mol. The van der Waals surface area contributed by atoms with Crippen LogP contribution in [0.1, 0.15) is 33.1 Å². The summed E-state index contributed by atoms with van der Waals surface area (Å²) in [5.74, 6) is 0.528. The zero-order valence-corrected chi connectivity index (χ0v) is 13.0. The van der Waals surface area contributed by atoms with E-state index in [2.05, 4.69) is 10.3 Å². The number of hydrogen-bond acceptors (Lipinski definition) is 4. The summed E-state index contributed by atoms with van der Waals surface area (Å²) in [6, 6.07) is 3.54. The third kappa shape index (κ3) is 3.49. The molecule has 0 atom stereocenters. The van der Waals surface area contributed by atoms with Gasteiger partial charge in [-0.1, -0.05) is 13.8 Å². The van der Waals surface area contributed by atoms with E-state index in [1.807, 2.05) is 13.8 Å². The second kappa shape index (κ2) is 6.54. The fourth-order valence-electron chi connectivity index (χ4n) is 2.10. The molecule has 0 radical (unpaired) electrons. The monoisotopic (exact) mass is 297 g/mol. The van der Waals surface area contributed by atoms with E-state index < -0.39 is 10.0 Å². The molecule has 0 aromatic carbocycles. The van der Waals surface area contributed by atoms with Crippen molar-refractivity contribution in [2.24, 2.45) is 5.92 Å². The van der Waals surface area contributed by atoms with E-state index >= 15 is 0 Å². The molecule has 0 unspecified atom stereocenters. The standard InChI is InChI=1S/C14H23N3O2S/c1-3-9-15-13-6-5-10-16-14(13)20(18,19)17(4-2)11-12-7-8-12/h5-6,10,12,15H,3-4,7-9,11H2,1-2H3. The molecule has 0 aliphatic heterocycles. The van der Waals surface area contributed by atoms with Crippen LogP contribution in [0.2, 0.25) is 0 Å². The molecule has 6 heteroatoms. The highest BCUT2D eigenvalue weighted by atomic mass is 32.2. The first kappa shape index (κ1) is 15.3. The summed E-state index contributed by atoms with van der Waals surface area (Å²) >= 11 is 0. The largest absolute Gasteiger partial charge is 0.383 e. The molecule has 112 valence electrons. The molecule has 1 aliphatic rings. The first-order valence-electron chi connectivity index (χ1n) is 7.28. The molecule has 1 aromatic rings. The third-order valence-corrected chi connectivity index (χ3v) is 5.33. The minimum atomic E-state index is -3.51. The lowest BCUT2D eigenvalue weighted by atomic mass is 10.4. The van der Waals surface area contributed by atoms with Gasteiger partial charge in [-0.15, -0.1) is 0 Å². The van der Waals surface area contributed by atoms with Crippen molar-refractivity contribution in [3.05, 3.63) is 18.3 Å². The Hall–Kier alpha value is -1.14. The lowest BCUT2D eigenvalue weighted by molar-refractivity contribution is 0.410. The zero-order valence-electron chi connectivity index (χ0n) is 12.2. The SMILES string of the molecule is CCCNc1cccnc1S(=O)(=O)N(CC)CC1CC1. The lowest BCUT2D eigenvalue weighted by Crippen LogP contribution is -2.33. The minimum Gasteiger partial charge on any atom is -0.383 e. The van der Waals surface area contributed by atoms with Crippen LogP contribution in [0.5, 0.6) is 0 Å². The first-order chi connectivity index (χ1) is 9.59. The number of rotatable bonds is 8. The minimum absolute atomic E-state index is 0.149. The summed E-state index contributed by atoms with van der Waals surface area (Å²) in [4.78, 5) is 4.11. The van der Waals surface area contributed by atoms with E-state index in [-0.39, 0.29) is 5.03 Å². The van der Waals surface area contributed by atoms with Gasteiger partial charge in [-0.05, 0) is 37.3 Å². The molecule has 0 bridgehead atoms. The van der Waals surface area contributed by atoms with Gasteiger partial charge in [0.05, 0.1) is 5.69 Å². The molecule has 2 rings (SSSR count). The molecule has 1 fully saturated rings. The van der Waals surface area contributed by atoms with Crippen molar-refractivity contribution in [1.29, 1.82) is 0 Å². The van der Waals surface area contributed by atoms with Gasteiger partial charge in [0.1, 0.15) is 0 Å². The second-order valence-electron chi connectivity index (χ2n) is 5.18. The van der Waals surface area contributed by atoms with Crippen LogP contribution >= 0.6 is 0 Å². The van der Waals surface area contributed by atoms with Crippen molar-refractivity contribution in [1.82, 2.24) is 9.29 Å². The van der Waals surface area contributed by atoms with Crippen LogP contribution in [0.3, 0.4) is 0 Å². The molecule has 1 heterocycles. The molecule has 1 aliphatic carbocycles. The summed E-state index contributed by atoms with van der Waals surface area (Å²) in [5, 5.41) is 3.30. The van der Waals surface area contributed by atoms with Crippen molar-refractivity contribution in [3.63, 3.8) is 0 Å². The van der Waals surface area contributed by atoms with Crippen LogP contribution in [-0.2, 0) is 10.0 Å². The fourth-order valence-corrected chi connectivity index (χ4v) is 3.70. The predicted molar refractivity (Wildman–Crippen MR) is 80.2 cm³/mol. The molecule has 0 amide bonds. The van der Waals surface area contributed by atoms with Gasteiger partial charge in [0, 0.05) is 25.8 Å². The van der Waals surface area contributed by atoms with Gasteiger partial charge >= 0.3 is 0 Å². The van der Waals surface area contributed by atoms with E-state index in [1.165, 1.54) is 6.20 Å². The van der Waals surface area contributed by atoms with Crippen molar-refractivity contribution in [2.45, 2.75) is 38.1 Å². The number of nitrogens with one attached hydrogen (secondary N) is 1. The summed E-state index contributed by atoms with van der Waals surface area (Å²) in [6.07, 6.45) is 4.74. The van der Waals surface area contributed by atoms with Crippen molar-refractivity contribution < 1.29 is 8.42 Å². The van der Waals surface area contributed by atoms with Crippen LogP contribution in [0.4, 0.5) is 5.69 Å². The van der Waals surface area contributed by atoms with Crippen LogP contribution in [0.25, 0.3) is 0 Å². The van der Waals surface area contributed by atoms with Gasteiger partial charge in [-0.3, -0.25) is 0 Å². The van der Waals surface area contributed by atoms with Crippen molar-refractivity contribution >= 4 is 15.7 Å². The Morgan fingerprint density at radius 2 is 2.15 bits per heavy atom. The summed E-state index contributed by atoms with van der Waals surface area (Å²) in [5.41, 5.74) is 0.601. The highest BCUT2D eigenvalue weighted by molar-refractivity contribution is 7.89. The number of nitrogens with zero attached hydrogens (tertiary/aromatic N) is 2. The quantitative estimate of drug-likeness (QED) is 0.800. The van der Waals surface area contributed by atoms with Gasteiger partial charge in [-0.25, -0.2) is 13.4 Å². The molecule has 20 heavy (non-hydrogen) atoms. The molecular weight excluding hydrogens is 274 g/mol. The van der Waals surface area contributed by atoms with E-state index in [1.54, 1.807) is 16.4 Å². The molecule has 1 saturated carbocycles. The third-order valence-electron chi connectivity index (χ3n) is 3.43. The van der Waals surface area contributed by atoms with Crippen LogP contribution in [0.15, 0.2) is 23.4 Å². The number of aromatic nitrogens is 1. The normalized spacial score (nSPS) is 15.6. The van der Waals surface area contributed by atoms with Gasteiger partial charge in [-0.2, -0.15) is 4.31 Å². The first-order valence-corrected chi connectivity index (χ1v) is 8.72. The van der Waals surface area contributed by atoms with Gasteiger partial charge < -0.3 is 5.32 Å². The second-order valence-corrected chi connectivity index (χ2v) is 7.04. The summed E-state index contributed by atoms with van der Waals surface area (Å²) in [7, 11) is -3.51. The number of hydrogen-bond donors (Lipinski definition) is 1. The number of anilines is 1. The average Bonchev–Trinajstić information content (AvgIpc) is 3.26. The molecule has 0 spiro atoms. The lowest BCUT2D eigenvalue weighted by Gasteiger charge is -2.21. The van der Waals surface area contributed by atoms with Gasteiger partial charge in [0.25, 0.3) is 10.0 Å². The maximum absolute atomic E-state index is 12.7. The number of sulfonamides is 1. The maximum atomic E-state index is 12.7. The van der Waals surface area contributed by atoms with E-state index in [0.717, 1.165) is 25.8 Å². The number of pyridine rings is 1. The zero-order chi connectivity index (χ0) is 14.6. The topological polar surface area (TPSA) is 62.3 Å². The van der Waals surface area contributed by atoms with Crippen LogP contribution in [0, 0.1) is 5.92 Å². The molecule has 5 nitrogen and oxygen atoms in total. The van der Waals surface area contributed by atoms with E-state index in [4.69, 9.17) is 0 Å². The Labute approximate surface area is 121 Å². The predicted octanol–water partition coefficient (Wildman–Crippen LogP) is 2.32. The van der Waals surface area contributed by atoms with E-state index in [0.29, 0.717) is 24.7 Å². The van der Waals surface area contributed by atoms with Gasteiger partial charge in [0.15, 0.2) is 5.03 Å². The van der Waals surface area contributed by atoms with Gasteiger partial charge in [0.2, 0.25) is 0 Å². The Morgan fingerprint density at radius 1 is 1.40 bits per heavy atom. The Balaban J connectivity index is 2.26. The van der Waals surface area contributed by atoms with Crippen molar-refractivity contribution in [3.8, 4) is 0 Å². The van der Waals surface area contributed by atoms with E-state index in [9.17, 15) is 8.42 Å². The van der Waals surface area contributed by atoms with Crippen molar-refractivity contribution in [2.75, 3.05) is 25.0 Å². The Kier molecular flexibility index (Phi) is 4.99. The summed E-state index contributed by atoms with van der Waals surface area (Å²) in [6.45, 7) is 5.76. The summed E-state index contributed by atoms with van der Waals surface area (Å²) < 4.78 is 27.0. The molecule has 1 N–H and O–H groups in total. The fraction of sp³-hybridized carbons (Fsp3) is 0.643. The molecular formula is C14H23N3O2S. The smallest absolute Gasteiger partial charge is 0.262 e. The molecule has 0 saturated heterocycles. The Morgan fingerprint density at radius 3 is 2.75 bits per heavy atom. The highest BCUT2D eigenvalue weighted by Crippen LogP contribution is 2.32.